The molecule has 3 nitrogen and oxygen atoms in total. The van der Waals surface area contributed by atoms with E-state index in [0.29, 0.717) is 5.92 Å². The summed E-state index contributed by atoms with van der Waals surface area (Å²) in [6, 6.07) is 4.02. The SMILES string of the molecule is Cc1ccc(CNCC2CCOC2)o1. The van der Waals surface area contributed by atoms with Crippen LogP contribution in [-0.2, 0) is 11.3 Å². The number of aryl methyl sites for hydroxylation is 1. The van der Waals surface area contributed by atoms with Crippen molar-refractivity contribution in [3.63, 3.8) is 0 Å². The molecule has 2 heterocycles. The Morgan fingerprint density at radius 3 is 3.07 bits per heavy atom. The van der Waals surface area contributed by atoms with Crippen LogP contribution in [0.4, 0.5) is 0 Å². The average molecular weight is 195 g/mol. The smallest absolute Gasteiger partial charge is 0.117 e. The fourth-order valence-corrected chi connectivity index (χ4v) is 1.72. The maximum atomic E-state index is 5.45. The van der Waals surface area contributed by atoms with E-state index in [1.807, 2.05) is 19.1 Å². The first-order valence-corrected chi connectivity index (χ1v) is 5.18. The molecule has 0 amide bonds. The molecule has 0 saturated carbocycles. The summed E-state index contributed by atoms with van der Waals surface area (Å²) < 4.78 is 10.8. The lowest BCUT2D eigenvalue weighted by molar-refractivity contribution is 0.185. The van der Waals surface area contributed by atoms with Crippen LogP contribution >= 0.6 is 0 Å². The van der Waals surface area contributed by atoms with Crippen molar-refractivity contribution >= 4 is 0 Å². The van der Waals surface area contributed by atoms with Gasteiger partial charge in [-0.3, -0.25) is 0 Å². The molecule has 0 bridgehead atoms. The minimum atomic E-state index is 0.686. The predicted octanol–water partition coefficient (Wildman–Crippen LogP) is 1.71. The maximum Gasteiger partial charge on any atom is 0.117 e. The van der Waals surface area contributed by atoms with Gasteiger partial charge in [-0.2, -0.15) is 0 Å². The summed E-state index contributed by atoms with van der Waals surface area (Å²) in [5.41, 5.74) is 0. The van der Waals surface area contributed by atoms with E-state index in [2.05, 4.69) is 5.32 Å². The Morgan fingerprint density at radius 1 is 1.50 bits per heavy atom. The molecule has 3 heteroatoms. The molecule has 0 aromatic carbocycles. The summed E-state index contributed by atoms with van der Waals surface area (Å²) in [5.74, 6) is 2.68. The van der Waals surface area contributed by atoms with Crippen molar-refractivity contribution in [2.45, 2.75) is 19.9 Å². The Morgan fingerprint density at radius 2 is 2.43 bits per heavy atom. The Kier molecular flexibility index (Phi) is 3.22. The van der Waals surface area contributed by atoms with Crippen LogP contribution in [0.15, 0.2) is 16.5 Å². The van der Waals surface area contributed by atoms with Crippen LogP contribution in [0.3, 0.4) is 0 Å². The fraction of sp³-hybridized carbons (Fsp3) is 0.636. The molecular weight excluding hydrogens is 178 g/mol. The van der Waals surface area contributed by atoms with Crippen molar-refractivity contribution in [3.05, 3.63) is 23.7 Å². The van der Waals surface area contributed by atoms with Crippen molar-refractivity contribution in [1.29, 1.82) is 0 Å². The van der Waals surface area contributed by atoms with Crippen molar-refractivity contribution in [3.8, 4) is 0 Å². The van der Waals surface area contributed by atoms with Gasteiger partial charge in [0.25, 0.3) is 0 Å². The standard InChI is InChI=1S/C11H17NO2/c1-9-2-3-11(14-9)7-12-6-10-4-5-13-8-10/h2-3,10,12H,4-8H2,1H3. The van der Waals surface area contributed by atoms with Crippen LogP contribution in [0.5, 0.6) is 0 Å². The number of hydrogen-bond donors (Lipinski definition) is 1. The highest BCUT2D eigenvalue weighted by atomic mass is 16.5. The van der Waals surface area contributed by atoms with Gasteiger partial charge < -0.3 is 14.5 Å². The Bertz CT molecular complexity index is 277. The first-order valence-electron chi connectivity index (χ1n) is 5.18. The van der Waals surface area contributed by atoms with Gasteiger partial charge in [-0.25, -0.2) is 0 Å². The van der Waals surface area contributed by atoms with E-state index in [9.17, 15) is 0 Å². The highest BCUT2D eigenvalue weighted by Crippen LogP contribution is 2.11. The summed E-state index contributed by atoms with van der Waals surface area (Å²) >= 11 is 0. The average Bonchev–Trinajstić information content (AvgIpc) is 2.77. The third-order valence-corrected chi connectivity index (χ3v) is 2.55. The van der Waals surface area contributed by atoms with Crippen LogP contribution in [0, 0.1) is 12.8 Å². The van der Waals surface area contributed by atoms with E-state index in [1.165, 1.54) is 6.42 Å². The second-order valence-corrected chi connectivity index (χ2v) is 3.87. The molecular formula is C11H17NO2. The fourth-order valence-electron chi connectivity index (χ4n) is 1.72. The van der Waals surface area contributed by atoms with Crippen LogP contribution < -0.4 is 5.32 Å². The van der Waals surface area contributed by atoms with E-state index >= 15 is 0 Å². The summed E-state index contributed by atoms with van der Waals surface area (Å²) in [7, 11) is 0. The summed E-state index contributed by atoms with van der Waals surface area (Å²) in [5, 5.41) is 3.38. The van der Waals surface area contributed by atoms with Gasteiger partial charge in [-0.15, -0.1) is 0 Å². The van der Waals surface area contributed by atoms with E-state index in [1.54, 1.807) is 0 Å². The largest absolute Gasteiger partial charge is 0.465 e. The Hall–Kier alpha value is -0.800. The van der Waals surface area contributed by atoms with Gasteiger partial charge in [0.1, 0.15) is 11.5 Å². The van der Waals surface area contributed by atoms with E-state index in [0.717, 1.165) is 37.8 Å². The van der Waals surface area contributed by atoms with Crippen LogP contribution in [0.2, 0.25) is 0 Å². The van der Waals surface area contributed by atoms with E-state index < -0.39 is 0 Å². The van der Waals surface area contributed by atoms with Gasteiger partial charge in [0.2, 0.25) is 0 Å². The number of rotatable bonds is 4. The first-order chi connectivity index (χ1) is 6.84. The molecule has 1 atom stereocenters. The van der Waals surface area contributed by atoms with E-state index in [-0.39, 0.29) is 0 Å². The zero-order valence-electron chi connectivity index (χ0n) is 8.58. The molecule has 2 rings (SSSR count). The quantitative estimate of drug-likeness (QED) is 0.794. The zero-order chi connectivity index (χ0) is 9.80. The molecule has 0 spiro atoms. The summed E-state index contributed by atoms with van der Waals surface area (Å²) in [6.07, 6.45) is 1.18. The molecule has 1 fully saturated rings. The number of nitrogens with one attached hydrogen (secondary N) is 1. The van der Waals surface area contributed by atoms with Crippen molar-refractivity contribution in [1.82, 2.24) is 5.32 Å². The van der Waals surface area contributed by atoms with Crippen molar-refractivity contribution in [2.75, 3.05) is 19.8 Å². The zero-order valence-corrected chi connectivity index (χ0v) is 8.58. The third-order valence-electron chi connectivity index (χ3n) is 2.55. The number of furan rings is 1. The summed E-state index contributed by atoms with van der Waals surface area (Å²) in [4.78, 5) is 0. The van der Waals surface area contributed by atoms with Crippen LogP contribution in [0.1, 0.15) is 17.9 Å². The molecule has 78 valence electrons. The lowest BCUT2D eigenvalue weighted by Crippen LogP contribution is -2.22. The summed E-state index contributed by atoms with van der Waals surface area (Å²) in [6.45, 7) is 5.65. The molecule has 1 aliphatic heterocycles. The minimum absolute atomic E-state index is 0.686. The van der Waals surface area contributed by atoms with Gasteiger partial charge in [-0.1, -0.05) is 0 Å². The molecule has 0 aliphatic carbocycles. The van der Waals surface area contributed by atoms with Crippen LogP contribution in [-0.4, -0.2) is 19.8 Å². The molecule has 1 unspecified atom stereocenters. The highest BCUT2D eigenvalue weighted by molar-refractivity contribution is 5.05. The van der Waals surface area contributed by atoms with Gasteiger partial charge in [0, 0.05) is 13.2 Å². The molecule has 1 aromatic rings. The Balaban J connectivity index is 1.67. The van der Waals surface area contributed by atoms with E-state index in [4.69, 9.17) is 9.15 Å². The minimum Gasteiger partial charge on any atom is -0.465 e. The number of hydrogen-bond acceptors (Lipinski definition) is 3. The number of ether oxygens (including phenoxy) is 1. The van der Waals surface area contributed by atoms with Gasteiger partial charge >= 0.3 is 0 Å². The molecule has 1 saturated heterocycles. The predicted molar refractivity (Wildman–Crippen MR) is 54.1 cm³/mol. The second-order valence-electron chi connectivity index (χ2n) is 3.87. The maximum absolute atomic E-state index is 5.45. The third kappa shape index (κ3) is 2.59. The lowest BCUT2D eigenvalue weighted by atomic mass is 10.1. The topological polar surface area (TPSA) is 34.4 Å². The molecule has 1 aliphatic rings. The molecule has 1 N–H and O–H groups in total. The van der Waals surface area contributed by atoms with Gasteiger partial charge in [0.05, 0.1) is 13.2 Å². The molecule has 14 heavy (non-hydrogen) atoms. The molecule has 0 radical (unpaired) electrons. The van der Waals surface area contributed by atoms with Crippen LogP contribution in [0.25, 0.3) is 0 Å². The van der Waals surface area contributed by atoms with Gasteiger partial charge in [-0.05, 0) is 31.4 Å². The first kappa shape index (κ1) is 9.74. The Labute approximate surface area is 84.4 Å². The highest BCUT2D eigenvalue weighted by Gasteiger charge is 2.14. The van der Waals surface area contributed by atoms with Gasteiger partial charge in [0.15, 0.2) is 0 Å². The van der Waals surface area contributed by atoms with Crippen molar-refractivity contribution < 1.29 is 9.15 Å². The van der Waals surface area contributed by atoms with Crippen molar-refractivity contribution in [2.24, 2.45) is 5.92 Å². The normalized spacial score (nSPS) is 21.6. The molecule has 1 aromatic heterocycles. The second kappa shape index (κ2) is 4.62. The lowest BCUT2D eigenvalue weighted by Gasteiger charge is -2.07. The monoisotopic (exact) mass is 195 g/mol.